The van der Waals surface area contributed by atoms with Crippen molar-refractivity contribution in [3.63, 3.8) is 0 Å². The summed E-state index contributed by atoms with van der Waals surface area (Å²) in [6.07, 6.45) is 2.37. The smallest absolute Gasteiger partial charge is 0.243 e. The van der Waals surface area contributed by atoms with Gasteiger partial charge in [0.25, 0.3) is 0 Å². The van der Waals surface area contributed by atoms with E-state index in [1.165, 1.54) is 5.56 Å². The summed E-state index contributed by atoms with van der Waals surface area (Å²) in [4.78, 5) is 23.6. The van der Waals surface area contributed by atoms with Crippen LogP contribution in [0, 0.1) is 0 Å². The van der Waals surface area contributed by atoms with Gasteiger partial charge in [-0.2, -0.15) is 0 Å². The van der Waals surface area contributed by atoms with E-state index in [9.17, 15) is 9.59 Å². The zero-order chi connectivity index (χ0) is 22.6. The molecule has 3 aromatic carbocycles. The number of amides is 2. The number of anilines is 3. The van der Waals surface area contributed by atoms with Crippen LogP contribution in [0.15, 0.2) is 78.9 Å². The molecule has 6 nitrogen and oxygen atoms in total. The summed E-state index contributed by atoms with van der Waals surface area (Å²) in [6, 6.07) is 25.0. The van der Waals surface area contributed by atoms with Gasteiger partial charge >= 0.3 is 0 Å². The molecule has 0 saturated carbocycles. The van der Waals surface area contributed by atoms with Gasteiger partial charge in [0.15, 0.2) is 0 Å². The molecule has 0 heterocycles. The average molecular weight is 432 g/mol. The van der Waals surface area contributed by atoms with Crippen molar-refractivity contribution in [1.29, 1.82) is 0 Å². The van der Waals surface area contributed by atoms with E-state index in [1.54, 1.807) is 31.2 Å². The Morgan fingerprint density at radius 2 is 1.34 bits per heavy atom. The molecule has 0 aliphatic heterocycles. The number of carbonyl (C=O) groups excluding carboxylic acids is 2. The Hall–Kier alpha value is -3.80. The van der Waals surface area contributed by atoms with Crippen LogP contribution < -0.4 is 20.7 Å². The van der Waals surface area contributed by atoms with Gasteiger partial charge in [-0.05, 0) is 66.9 Å². The summed E-state index contributed by atoms with van der Waals surface area (Å²) >= 11 is 0. The Labute approximate surface area is 189 Å². The van der Waals surface area contributed by atoms with E-state index in [-0.39, 0.29) is 18.4 Å². The molecule has 0 radical (unpaired) electrons. The van der Waals surface area contributed by atoms with E-state index in [0.717, 1.165) is 24.3 Å². The molecule has 6 heteroatoms. The van der Waals surface area contributed by atoms with E-state index < -0.39 is 0 Å². The van der Waals surface area contributed by atoms with E-state index >= 15 is 0 Å². The number of hydrogen-bond acceptors (Lipinski definition) is 4. The topological polar surface area (TPSA) is 79.5 Å². The van der Waals surface area contributed by atoms with Crippen LogP contribution in [0.4, 0.5) is 17.1 Å². The number of rotatable bonds is 11. The molecule has 32 heavy (non-hydrogen) atoms. The highest BCUT2D eigenvalue weighted by Gasteiger charge is 2.04. The predicted octanol–water partition coefficient (Wildman–Crippen LogP) is 5.10. The van der Waals surface area contributed by atoms with Crippen molar-refractivity contribution in [1.82, 2.24) is 0 Å². The van der Waals surface area contributed by atoms with Crippen molar-refractivity contribution in [3.8, 4) is 5.75 Å². The number of carbonyl (C=O) groups is 2. The van der Waals surface area contributed by atoms with Crippen LogP contribution in [0.1, 0.15) is 25.3 Å². The summed E-state index contributed by atoms with van der Waals surface area (Å²) in [5.74, 6) is 0.606. The molecule has 0 bridgehead atoms. The highest BCUT2D eigenvalue weighted by atomic mass is 16.5. The number of nitrogens with one attached hydrogen (secondary N) is 3. The van der Waals surface area contributed by atoms with E-state index in [1.807, 2.05) is 42.5 Å². The molecule has 166 valence electrons. The third-order valence-corrected chi connectivity index (χ3v) is 4.80. The van der Waals surface area contributed by atoms with Gasteiger partial charge in [-0.3, -0.25) is 9.59 Å². The van der Waals surface area contributed by atoms with Gasteiger partial charge in [-0.25, -0.2) is 0 Å². The zero-order valence-electron chi connectivity index (χ0n) is 18.3. The van der Waals surface area contributed by atoms with Crippen LogP contribution in [0.25, 0.3) is 0 Å². The fraction of sp³-hybridized carbons (Fsp3) is 0.231. The molecule has 2 amide bonds. The van der Waals surface area contributed by atoms with Gasteiger partial charge in [0.05, 0.1) is 13.2 Å². The van der Waals surface area contributed by atoms with Crippen molar-refractivity contribution in [2.24, 2.45) is 0 Å². The summed E-state index contributed by atoms with van der Waals surface area (Å²) in [5, 5.41) is 8.70. The number of ether oxygens (including phenoxy) is 1. The fourth-order valence-corrected chi connectivity index (χ4v) is 3.05. The predicted molar refractivity (Wildman–Crippen MR) is 129 cm³/mol. The van der Waals surface area contributed by atoms with Crippen molar-refractivity contribution in [3.05, 3.63) is 84.4 Å². The molecule has 3 rings (SSSR count). The van der Waals surface area contributed by atoms with E-state index in [0.29, 0.717) is 24.4 Å². The highest BCUT2D eigenvalue weighted by molar-refractivity contribution is 5.94. The first-order valence-electron chi connectivity index (χ1n) is 10.8. The van der Waals surface area contributed by atoms with Gasteiger partial charge in [0, 0.05) is 23.5 Å². The minimum absolute atomic E-state index is 0.0467. The quantitative estimate of drug-likeness (QED) is 0.369. The third-order valence-electron chi connectivity index (χ3n) is 4.80. The number of hydrogen-bond donors (Lipinski definition) is 3. The Morgan fingerprint density at radius 3 is 1.97 bits per heavy atom. The molecule has 0 spiro atoms. The lowest BCUT2D eigenvalue weighted by atomic mass is 10.1. The summed E-state index contributed by atoms with van der Waals surface area (Å²) < 4.78 is 5.79. The zero-order valence-corrected chi connectivity index (χ0v) is 18.3. The SMILES string of the molecule is CCC(=O)Nc1ccc(NC(=O)CNc2ccc(OCCCc3ccccc3)cc2)cc1. The first kappa shape index (κ1) is 22.9. The Morgan fingerprint density at radius 1 is 0.750 bits per heavy atom. The van der Waals surface area contributed by atoms with E-state index in [4.69, 9.17) is 4.74 Å². The monoisotopic (exact) mass is 431 g/mol. The summed E-state index contributed by atoms with van der Waals surface area (Å²) in [5.41, 5.74) is 3.53. The molecule has 0 aromatic heterocycles. The molecular weight excluding hydrogens is 402 g/mol. The molecule has 0 fully saturated rings. The lowest BCUT2D eigenvalue weighted by Crippen LogP contribution is -2.21. The molecule has 3 N–H and O–H groups in total. The Bertz CT molecular complexity index is 987. The van der Waals surface area contributed by atoms with Gasteiger partial charge in [-0.1, -0.05) is 37.3 Å². The maximum absolute atomic E-state index is 12.2. The van der Waals surface area contributed by atoms with Crippen LogP contribution in [0.3, 0.4) is 0 Å². The minimum Gasteiger partial charge on any atom is -0.494 e. The molecule has 0 aliphatic carbocycles. The lowest BCUT2D eigenvalue weighted by Gasteiger charge is -2.10. The lowest BCUT2D eigenvalue weighted by molar-refractivity contribution is -0.116. The average Bonchev–Trinajstić information content (AvgIpc) is 2.83. The van der Waals surface area contributed by atoms with Crippen molar-refractivity contribution >= 4 is 28.9 Å². The maximum atomic E-state index is 12.2. The van der Waals surface area contributed by atoms with Crippen molar-refractivity contribution in [2.45, 2.75) is 26.2 Å². The van der Waals surface area contributed by atoms with E-state index in [2.05, 4.69) is 28.1 Å². The standard InChI is InChI=1S/C26H29N3O3/c1-2-25(30)28-22-10-12-23(13-11-22)29-26(31)19-27-21-14-16-24(17-15-21)32-18-6-9-20-7-4-3-5-8-20/h3-5,7-8,10-17,27H,2,6,9,18-19H2,1H3,(H,28,30)(H,29,31). The van der Waals surface area contributed by atoms with Crippen LogP contribution >= 0.6 is 0 Å². The van der Waals surface area contributed by atoms with Crippen LogP contribution in [-0.2, 0) is 16.0 Å². The molecule has 0 atom stereocenters. The highest BCUT2D eigenvalue weighted by Crippen LogP contribution is 2.17. The summed E-state index contributed by atoms with van der Waals surface area (Å²) in [6.45, 7) is 2.60. The van der Waals surface area contributed by atoms with Crippen LogP contribution in [-0.4, -0.2) is 25.0 Å². The summed E-state index contributed by atoms with van der Waals surface area (Å²) in [7, 11) is 0. The number of aryl methyl sites for hydroxylation is 1. The van der Waals surface area contributed by atoms with Crippen molar-refractivity contribution < 1.29 is 14.3 Å². The minimum atomic E-state index is -0.156. The van der Waals surface area contributed by atoms with Gasteiger partial charge in [0.2, 0.25) is 11.8 Å². The van der Waals surface area contributed by atoms with Gasteiger partial charge < -0.3 is 20.7 Å². The van der Waals surface area contributed by atoms with Crippen molar-refractivity contribution in [2.75, 3.05) is 29.1 Å². The second-order valence-corrected chi connectivity index (χ2v) is 7.34. The molecule has 3 aromatic rings. The second-order valence-electron chi connectivity index (χ2n) is 7.34. The molecule has 0 saturated heterocycles. The van der Waals surface area contributed by atoms with Crippen LogP contribution in [0.5, 0.6) is 5.75 Å². The largest absolute Gasteiger partial charge is 0.494 e. The first-order valence-corrected chi connectivity index (χ1v) is 10.8. The normalized spacial score (nSPS) is 10.3. The third kappa shape index (κ3) is 7.80. The molecule has 0 aliphatic rings. The first-order chi connectivity index (χ1) is 15.6. The Kier molecular flexibility index (Phi) is 8.69. The second kappa shape index (κ2) is 12.2. The molecular formula is C26H29N3O3. The van der Waals surface area contributed by atoms with Gasteiger partial charge in [0.1, 0.15) is 5.75 Å². The van der Waals surface area contributed by atoms with Gasteiger partial charge in [-0.15, -0.1) is 0 Å². The fourth-order valence-electron chi connectivity index (χ4n) is 3.05. The molecule has 0 unspecified atom stereocenters. The van der Waals surface area contributed by atoms with Crippen LogP contribution in [0.2, 0.25) is 0 Å². The Balaban J connectivity index is 1.36. The number of benzene rings is 3. The maximum Gasteiger partial charge on any atom is 0.243 e.